The molecule has 2 aromatic rings. The second kappa shape index (κ2) is 7.11. The first kappa shape index (κ1) is 18.5. The van der Waals surface area contributed by atoms with E-state index in [1.54, 1.807) is 12.1 Å². The van der Waals surface area contributed by atoms with Crippen molar-refractivity contribution in [3.05, 3.63) is 59.2 Å². The highest BCUT2D eigenvalue weighted by molar-refractivity contribution is 7.92. The second-order valence-electron chi connectivity index (χ2n) is 7.07. The van der Waals surface area contributed by atoms with E-state index in [0.29, 0.717) is 11.3 Å². The van der Waals surface area contributed by atoms with E-state index in [9.17, 15) is 13.2 Å². The molecule has 2 N–H and O–H groups in total. The Hall–Kier alpha value is -2.34. The van der Waals surface area contributed by atoms with E-state index in [2.05, 4.69) is 10.0 Å². The maximum Gasteiger partial charge on any atom is 0.261 e. The first-order valence-corrected chi connectivity index (χ1v) is 10.3. The van der Waals surface area contributed by atoms with Gasteiger partial charge in [-0.15, -0.1) is 0 Å². The van der Waals surface area contributed by atoms with Crippen LogP contribution in [-0.4, -0.2) is 20.4 Å². The van der Waals surface area contributed by atoms with Gasteiger partial charge < -0.3 is 5.32 Å². The lowest BCUT2D eigenvalue weighted by molar-refractivity contribution is 0.0951. The topological polar surface area (TPSA) is 75.3 Å². The van der Waals surface area contributed by atoms with E-state index in [-0.39, 0.29) is 22.8 Å². The Balaban J connectivity index is 1.83. The Morgan fingerprint density at radius 1 is 1.08 bits per heavy atom. The summed E-state index contributed by atoms with van der Waals surface area (Å²) in [5.74, 6) is 0.0338. The molecule has 1 fully saturated rings. The van der Waals surface area contributed by atoms with Crippen LogP contribution in [0.2, 0.25) is 0 Å². The van der Waals surface area contributed by atoms with Gasteiger partial charge in [-0.1, -0.05) is 32.0 Å². The average Bonchev–Trinajstić information content (AvgIpc) is 3.40. The van der Waals surface area contributed by atoms with Gasteiger partial charge in [0, 0.05) is 11.6 Å². The van der Waals surface area contributed by atoms with E-state index < -0.39 is 10.0 Å². The molecule has 1 aliphatic carbocycles. The van der Waals surface area contributed by atoms with Crippen molar-refractivity contribution < 1.29 is 13.2 Å². The Morgan fingerprint density at radius 2 is 1.73 bits per heavy atom. The second-order valence-corrected chi connectivity index (χ2v) is 8.75. The van der Waals surface area contributed by atoms with Gasteiger partial charge in [-0.3, -0.25) is 9.52 Å². The zero-order valence-corrected chi connectivity index (χ0v) is 16.1. The number of rotatable bonds is 6. The fourth-order valence-corrected chi connectivity index (χ4v) is 3.95. The van der Waals surface area contributed by atoms with Crippen LogP contribution in [0.25, 0.3) is 0 Å². The molecule has 1 aliphatic rings. The Kier molecular flexibility index (Phi) is 5.05. The number of hydrogen-bond donors (Lipinski definition) is 2. The number of hydrogen-bond acceptors (Lipinski definition) is 3. The van der Waals surface area contributed by atoms with Crippen molar-refractivity contribution in [1.29, 1.82) is 0 Å². The maximum atomic E-state index is 12.8. The predicted octanol–water partition coefficient (Wildman–Crippen LogP) is 3.81. The number of benzene rings is 2. The van der Waals surface area contributed by atoms with E-state index in [4.69, 9.17) is 0 Å². The molecule has 0 spiro atoms. The summed E-state index contributed by atoms with van der Waals surface area (Å²) in [7, 11) is -3.73. The summed E-state index contributed by atoms with van der Waals surface area (Å²) in [6.45, 7) is 5.94. The van der Waals surface area contributed by atoms with Crippen molar-refractivity contribution in [2.75, 3.05) is 4.72 Å². The van der Waals surface area contributed by atoms with Gasteiger partial charge in [-0.05, 0) is 61.1 Å². The quantitative estimate of drug-likeness (QED) is 0.810. The molecule has 26 heavy (non-hydrogen) atoms. The molecule has 138 valence electrons. The molecule has 6 heteroatoms. The van der Waals surface area contributed by atoms with Gasteiger partial charge in [-0.25, -0.2) is 8.42 Å². The van der Waals surface area contributed by atoms with E-state index >= 15 is 0 Å². The van der Waals surface area contributed by atoms with Gasteiger partial charge >= 0.3 is 0 Å². The van der Waals surface area contributed by atoms with Crippen LogP contribution in [0.15, 0.2) is 47.4 Å². The van der Waals surface area contributed by atoms with Crippen LogP contribution in [0.1, 0.15) is 54.1 Å². The standard InChI is InChI=1S/C20H24N2O3S/c1-13(2)18-6-4-5-14(3)19(18)22-26(24,25)17-11-7-15(8-12-17)20(23)21-16-9-10-16/h4-8,11-13,16,22H,9-10H2,1-3H3,(H,21,23). The molecule has 1 saturated carbocycles. The molecule has 0 unspecified atom stereocenters. The lowest BCUT2D eigenvalue weighted by Gasteiger charge is -2.17. The van der Waals surface area contributed by atoms with Crippen molar-refractivity contribution in [1.82, 2.24) is 5.32 Å². The highest BCUT2D eigenvalue weighted by Crippen LogP contribution is 2.29. The smallest absolute Gasteiger partial charge is 0.261 e. The number of anilines is 1. The number of para-hydroxylation sites is 1. The number of amides is 1. The molecule has 0 aliphatic heterocycles. The fraction of sp³-hybridized carbons (Fsp3) is 0.350. The van der Waals surface area contributed by atoms with Gasteiger partial charge in [0.05, 0.1) is 10.6 Å². The molecule has 2 aromatic carbocycles. The van der Waals surface area contributed by atoms with Crippen LogP contribution in [0, 0.1) is 6.92 Å². The number of aryl methyl sites for hydroxylation is 1. The van der Waals surface area contributed by atoms with Crippen LogP contribution in [-0.2, 0) is 10.0 Å². The average molecular weight is 372 g/mol. The highest BCUT2D eigenvalue weighted by Gasteiger charge is 2.24. The van der Waals surface area contributed by atoms with Gasteiger partial charge in [0.2, 0.25) is 0 Å². The van der Waals surface area contributed by atoms with Crippen LogP contribution in [0.4, 0.5) is 5.69 Å². The summed E-state index contributed by atoms with van der Waals surface area (Å²) in [5.41, 5.74) is 2.92. The molecule has 0 radical (unpaired) electrons. The van der Waals surface area contributed by atoms with Crippen LogP contribution < -0.4 is 10.0 Å². The van der Waals surface area contributed by atoms with Crippen LogP contribution >= 0.6 is 0 Å². The third-order valence-corrected chi connectivity index (χ3v) is 5.87. The molecule has 1 amide bonds. The number of carbonyl (C=O) groups is 1. The summed E-state index contributed by atoms with van der Waals surface area (Å²) in [4.78, 5) is 12.2. The van der Waals surface area contributed by atoms with Gasteiger partial charge in [-0.2, -0.15) is 0 Å². The van der Waals surface area contributed by atoms with Crippen molar-refractivity contribution >= 4 is 21.6 Å². The summed E-state index contributed by atoms with van der Waals surface area (Å²) < 4.78 is 28.3. The van der Waals surface area contributed by atoms with Crippen molar-refractivity contribution in [3.8, 4) is 0 Å². The van der Waals surface area contributed by atoms with Crippen molar-refractivity contribution in [2.24, 2.45) is 0 Å². The van der Waals surface area contributed by atoms with E-state index in [1.807, 2.05) is 39.0 Å². The minimum atomic E-state index is -3.73. The highest BCUT2D eigenvalue weighted by atomic mass is 32.2. The Labute approximate surface area is 154 Å². The summed E-state index contributed by atoms with van der Waals surface area (Å²) in [6, 6.07) is 12.0. The molecule has 5 nitrogen and oxygen atoms in total. The number of nitrogens with one attached hydrogen (secondary N) is 2. The predicted molar refractivity (Wildman–Crippen MR) is 103 cm³/mol. The third-order valence-electron chi connectivity index (χ3n) is 4.50. The van der Waals surface area contributed by atoms with Gasteiger partial charge in [0.1, 0.15) is 0 Å². The Morgan fingerprint density at radius 3 is 2.31 bits per heavy atom. The minimum absolute atomic E-state index is 0.137. The summed E-state index contributed by atoms with van der Waals surface area (Å²) in [5, 5.41) is 2.89. The van der Waals surface area contributed by atoms with E-state index in [1.165, 1.54) is 12.1 Å². The third kappa shape index (κ3) is 4.07. The lowest BCUT2D eigenvalue weighted by atomic mass is 9.99. The number of carbonyl (C=O) groups excluding carboxylic acids is 1. The molecule has 0 bridgehead atoms. The monoisotopic (exact) mass is 372 g/mol. The normalized spacial score (nSPS) is 14.3. The molecule has 0 heterocycles. The molecular formula is C20H24N2O3S. The zero-order chi connectivity index (χ0) is 18.9. The molecular weight excluding hydrogens is 348 g/mol. The van der Waals surface area contributed by atoms with Crippen molar-refractivity contribution in [3.63, 3.8) is 0 Å². The summed E-state index contributed by atoms with van der Waals surface area (Å²) in [6.07, 6.45) is 2.02. The molecule has 0 atom stereocenters. The van der Waals surface area contributed by atoms with Gasteiger partial charge in [0.25, 0.3) is 15.9 Å². The maximum absolute atomic E-state index is 12.8. The molecule has 0 aromatic heterocycles. The van der Waals surface area contributed by atoms with Crippen molar-refractivity contribution in [2.45, 2.75) is 50.5 Å². The first-order valence-electron chi connectivity index (χ1n) is 8.81. The first-order chi connectivity index (χ1) is 12.3. The van der Waals surface area contributed by atoms with Crippen LogP contribution in [0.5, 0.6) is 0 Å². The van der Waals surface area contributed by atoms with Gasteiger partial charge in [0.15, 0.2) is 0 Å². The minimum Gasteiger partial charge on any atom is -0.349 e. The zero-order valence-electron chi connectivity index (χ0n) is 15.2. The number of sulfonamides is 1. The largest absolute Gasteiger partial charge is 0.349 e. The van der Waals surface area contributed by atoms with Crippen LogP contribution in [0.3, 0.4) is 0 Å². The summed E-state index contributed by atoms with van der Waals surface area (Å²) >= 11 is 0. The lowest BCUT2D eigenvalue weighted by Crippen LogP contribution is -2.25. The fourth-order valence-electron chi connectivity index (χ4n) is 2.79. The SMILES string of the molecule is Cc1cccc(C(C)C)c1NS(=O)(=O)c1ccc(C(=O)NC2CC2)cc1. The molecule has 3 rings (SSSR count). The Bertz CT molecular complexity index is 915. The molecule has 0 saturated heterocycles. The van der Waals surface area contributed by atoms with E-state index in [0.717, 1.165) is 24.0 Å².